The normalized spacial score (nSPS) is 17.0. The zero-order chi connectivity index (χ0) is 11.6. The molecule has 0 heterocycles. The predicted octanol–water partition coefficient (Wildman–Crippen LogP) is 2.60. The third-order valence-corrected chi connectivity index (χ3v) is 3.33. The number of hydrogen-bond donors (Lipinski definition) is 2. The Morgan fingerprint density at radius 2 is 2.06 bits per heavy atom. The second kappa shape index (κ2) is 8.34. The summed E-state index contributed by atoms with van der Waals surface area (Å²) in [6.45, 7) is 6.78. The van der Waals surface area contributed by atoms with Gasteiger partial charge in [0.25, 0.3) is 0 Å². The van der Waals surface area contributed by atoms with Gasteiger partial charge in [-0.1, -0.05) is 25.8 Å². The van der Waals surface area contributed by atoms with E-state index < -0.39 is 0 Å². The maximum Gasteiger partial charge on any atom is 0.0856 e. The Labute approximate surface area is 99.4 Å². The van der Waals surface area contributed by atoms with Gasteiger partial charge in [0.2, 0.25) is 0 Å². The molecule has 1 aliphatic carbocycles. The molecule has 3 heteroatoms. The first-order valence-corrected chi connectivity index (χ1v) is 6.46. The van der Waals surface area contributed by atoms with Crippen molar-refractivity contribution in [3.63, 3.8) is 0 Å². The summed E-state index contributed by atoms with van der Waals surface area (Å²) in [7, 11) is 0. The van der Waals surface area contributed by atoms with E-state index in [4.69, 9.17) is 5.41 Å². The van der Waals surface area contributed by atoms with Crippen molar-refractivity contribution in [1.82, 2.24) is 10.2 Å². The summed E-state index contributed by atoms with van der Waals surface area (Å²) in [4.78, 5) is 1.81. The minimum absolute atomic E-state index is 0.894. The van der Waals surface area contributed by atoms with Gasteiger partial charge >= 0.3 is 0 Å². The molecule has 0 aromatic heterocycles. The summed E-state index contributed by atoms with van der Waals surface area (Å²) < 4.78 is 0. The highest BCUT2D eigenvalue weighted by molar-refractivity contribution is 5.51. The van der Waals surface area contributed by atoms with Crippen molar-refractivity contribution in [2.45, 2.75) is 38.5 Å². The Balaban J connectivity index is 1.94. The van der Waals surface area contributed by atoms with Gasteiger partial charge in [0.1, 0.15) is 0 Å². The van der Waals surface area contributed by atoms with E-state index in [0.29, 0.717) is 0 Å². The van der Waals surface area contributed by atoms with Crippen molar-refractivity contribution in [2.75, 3.05) is 19.6 Å². The first kappa shape index (κ1) is 13.2. The van der Waals surface area contributed by atoms with Gasteiger partial charge in [-0.15, -0.1) is 0 Å². The van der Waals surface area contributed by atoms with Crippen LogP contribution in [0, 0.1) is 11.3 Å². The highest BCUT2D eigenvalue weighted by Crippen LogP contribution is 2.22. The Hall–Kier alpha value is -0.830. The first-order chi connectivity index (χ1) is 7.86. The summed E-state index contributed by atoms with van der Waals surface area (Å²) in [5.74, 6) is 0.909. The van der Waals surface area contributed by atoms with Crippen molar-refractivity contribution < 1.29 is 0 Å². The van der Waals surface area contributed by atoms with Crippen molar-refractivity contribution in [1.29, 1.82) is 5.41 Å². The molecule has 0 amide bonds. The minimum atomic E-state index is 0.894. The average Bonchev–Trinajstić information content (AvgIpc) is 2.35. The van der Waals surface area contributed by atoms with Crippen molar-refractivity contribution in [3.05, 3.63) is 12.8 Å². The van der Waals surface area contributed by atoms with Crippen molar-refractivity contribution in [2.24, 2.45) is 5.92 Å². The summed E-state index contributed by atoms with van der Waals surface area (Å²) in [5.41, 5.74) is 0. The lowest BCUT2D eigenvalue weighted by Gasteiger charge is -2.22. The van der Waals surface area contributed by atoms with E-state index in [2.05, 4.69) is 11.9 Å². The SMILES string of the molecule is C=CN(C=N)CCCNCC1CCCCC1. The standard InChI is InChI=1S/C13H25N3/c1-2-16(12-14)10-6-9-15-11-13-7-4-3-5-8-13/h2,12-15H,1,3-11H2. The molecule has 0 bridgehead atoms. The molecule has 3 nitrogen and oxygen atoms in total. The van der Waals surface area contributed by atoms with Crippen LogP contribution in [0.3, 0.4) is 0 Å². The van der Waals surface area contributed by atoms with Gasteiger partial charge in [0.15, 0.2) is 0 Å². The van der Waals surface area contributed by atoms with Crippen LogP contribution >= 0.6 is 0 Å². The summed E-state index contributed by atoms with van der Waals surface area (Å²) >= 11 is 0. The van der Waals surface area contributed by atoms with E-state index in [1.54, 1.807) is 6.20 Å². The molecular weight excluding hydrogens is 198 g/mol. The van der Waals surface area contributed by atoms with Crippen LogP contribution in [0.15, 0.2) is 12.8 Å². The average molecular weight is 223 g/mol. The van der Waals surface area contributed by atoms with Crippen LogP contribution in [0.2, 0.25) is 0 Å². The topological polar surface area (TPSA) is 39.1 Å². The molecule has 0 unspecified atom stereocenters. The zero-order valence-electron chi connectivity index (χ0n) is 10.3. The molecule has 1 rings (SSSR count). The van der Waals surface area contributed by atoms with Gasteiger partial charge < -0.3 is 10.2 Å². The lowest BCUT2D eigenvalue weighted by Crippen LogP contribution is -2.27. The van der Waals surface area contributed by atoms with Crippen LogP contribution in [-0.2, 0) is 0 Å². The Morgan fingerprint density at radius 3 is 2.69 bits per heavy atom. The molecule has 0 radical (unpaired) electrons. The van der Waals surface area contributed by atoms with E-state index in [1.165, 1.54) is 45.0 Å². The fourth-order valence-electron chi connectivity index (χ4n) is 2.29. The highest BCUT2D eigenvalue weighted by Gasteiger charge is 2.12. The van der Waals surface area contributed by atoms with Gasteiger partial charge in [-0.2, -0.15) is 0 Å². The first-order valence-electron chi connectivity index (χ1n) is 6.46. The van der Waals surface area contributed by atoms with Crippen LogP contribution in [0.4, 0.5) is 0 Å². The number of nitrogens with zero attached hydrogens (tertiary/aromatic N) is 1. The molecule has 1 aliphatic rings. The number of rotatable bonds is 8. The third-order valence-electron chi connectivity index (χ3n) is 3.33. The molecule has 16 heavy (non-hydrogen) atoms. The van der Waals surface area contributed by atoms with Gasteiger partial charge in [-0.25, -0.2) is 0 Å². The maximum atomic E-state index is 7.11. The van der Waals surface area contributed by atoms with Gasteiger partial charge in [-0.05, 0) is 44.5 Å². The Kier molecular flexibility index (Phi) is 6.90. The Morgan fingerprint density at radius 1 is 1.31 bits per heavy atom. The van der Waals surface area contributed by atoms with Crippen LogP contribution < -0.4 is 5.32 Å². The second-order valence-corrected chi connectivity index (χ2v) is 4.61. The Bertz CT molecular complexity index is 189. The number of hydrogen-bond acceptors (Lipinski definition) is 2. The summed E-state index contributed by atoms with van der Waals surface area (Å²) in [6.07, 6.45) is 11.2. The van der Waals surface area contributed by atoms with Gasteiger partial charge in [0.05, 0.1) is 6.34 Å². The zero-order valence-corrected chi connectivity index (χ0v) is 10.3. The molecule has 0 spiro atoms. The van der Waals surface area contributed by atoms with Crippen LogP contribution in [-0.4, -0.2) is 30.9 Å². The van der Waals surface area contributed by atoms with Crippen LogP contribution in [0.1, 0.15) is 38.5 Å². The summed E-state index contributed by atoms with van der Waals surface area (Å²) in [5, 5.41) is 10.6. The maximum absolute atomic E-state index is 7.11. The number of nitrogens with one attached hydrogen (secondary N) is 2. The molecule has 0 saturated heterocycles. The third kappa shape index (κ3) is 5.31. The molecule has 0 aromatic carbocycles. The molecule has 2 N–H and O–H groups in total. The molecule has 92 valence electrons. The van der Waals surface area contributed by atoms with Gasteiger partial charge in [-0.3, -0.25) is 5.41 Å². The second-order valence-electron chi connectivity index (χ2n) is 4.61. The van der Waals surface area contributed by atoms with E-state index in [0.717, 1.165) is 25.4 Å². The van der Waals surface area contributed by atoms with E-state index >= 15 is 0 Å². The fourth-order valence-corrected chi connectivity index (χ4v) is 2.29. The van der Waals surface area contributed by atoms with E-state index in [9.17, 15) is 0 Å². The van der Waals surface area contributed by atoms with Crippen molar-refractivity contribution in [3.8, 4) is 0 Å². The highest BCUT2D eigenvalue weighted by atomic mass is 15.1. The molecule has 1 saturated carbocycles. The molecule has 0 aromatic rings. The smallest absolute Gasteiger partial charge is 0.0856 e. The molecule has 0 atom stereocenters. The van der Waals surface area contributed by atoms with Crippen LogP contribution in [0.5, 0.6) is 0 Å². The molecule has 0 aliphatic heterocycles. The monoisotopic (exact) mass is 223 g/mol. The fraction of sp³-hybridized carbons (Fsp3) is 0.769. The molecular formula is C13H25N3. The summed E-state index contributed by atoms with van der Waals surface area (Å²) in [6, 6.07) is 0. The predicted molar refractivity (Wildman–Crippen MR) is 69.7 cm³/mol. The quantitative estimate of drug-likeness (QED) is 0.377. The van der Waals surface area contributed by atoms with Crippen molar-refractivity contribution >= 4 is 6.34 Å². The van der Waals surface area contributed by atoms with E-state index in [-0.39, 0.29) is 0 Å². The minimum Gasteiger partial charge on any atom is -0.340 e. The lowest BCUT2D eigenvalue weighted by molar-refractivity contribution is 0.340. The van der Waals surface area contributed by atoms with Crippen LogP contribution in [0.25, 0.3) is 0 Å². The largest absolute Gasteiger partial charge is 0.340 e. The lowest BCUT2D eigenvalue weighted by atomic mass is 9.89. The molecule has 1 fully saturated rings. The van der Waals surface area contributed by atoms with Gasteiger partial charge in [0, 0.05) is 6.54 Å². The van der Waals surface area contributed by atoms with E-state index in [1.807, 2.05) is 4.90 Å².